The first kappa shape index (κ1) is 15.9. The maximum absolute atomic E-state index is 11.8. The monoisotopic (exact) mass is 313 g/mol. The number of carbonyl (C=O) groups excluding carboxylic acids is 1. The van der Waals surface area contributed by atoms with Crippen molar-refractivity contribution >= 4 is 28.9 Å². The van der Waals surface area contributed by atoms with Gasteiger partial charge < -0.3 is 10.6 Å². The van der Waals surface area contributed by atoms with Gasteiger partial charge in [-0.05, 0) is 48.9 Å². The number of hydrogen-bond acceptors (Lipinski definition) is 3. The van der Waals surface area contributed by atoms with E-state index in [9.17, 15) is 4.79 Å². The first-order chi connectivity index (χ1) is 10.6. The number of rotatable bonds is 5. The van der Waals surface area contributed by atoms with Crippen molar-refractivity contribution in [1.29, 1.82) is 5.26 Å². The maximum atomic E-state index is 11.8. The molecule has 5 heteroatoms. The Morgan fingerprint density at radius 1 is 1.18 bits per heavy atom. The molecule has 2 aromatic carbocycles. The third-order valence-electron chi connectivity index (χ3n) is 3.15. The number of hydrogen-bond donors (Lipinski definition) is 2. The van der Waals surface area contributed by atoms with Gasteiger partial charge in [0.2, 0.25) is 5.91 Å². The van der Waals surface area contributed by atoms with Crippen molar-refractivity contribution in [3.05, 3.63) is 58.6 Å². The molecule has 2 rings (SSSR count). The Bertz CT molecular complexity index is 705. The topological polar surface area (TPSA) is 64.9 Å². The summed E-state index contributed by atoms with van der Waals surface area (Å²) < 4.78 is 0. The molecule has 0 radical (unpaired) electrons. The highest BCUT2D eigenvalue weighted by atomic mass is 35.5. The minimum atomic E-state index is -0.0876. The van der Waals surface area contributed by atoms with Crippen LogP contribution in [0.15, 0.2) is 42.5 Å². The number of amides is 1. The third kappa shape index (κ3) is 4.51. The Morgan fingerprint density at radius 2 is 1.86 bits per heavy atom. The Kier molecular flexibility index (Phi) is 5.40. The standard InChI is InChI=1S/C17H16ClN3O/c1-12-2-5-15(10-16(12)18)20-9-8-17(22)21-14-6-3-13(11-19)4-7-14/h2-7,10,20H,8-9H2,1H3,(H,21,22). The quantitative estimate of drug-likeness (QED) is 0.878. The predicted molar refractivity (Wildman–Crippen MR) is 89.1 cm³/mol. The average molecular weight is 314 g/mol. The molecule has 0 aromatic heterocycles. The molecular formula is C17H16ClN3O. The van der Waals surface area contributed by atoms with Gasteiger partial charge in [-0.25, -0.2) is 0 Å². The number of nitrogens with zero attached hydrogens (tertiary/aromatic N) is 1. The van der Waals surface area contributed by atoms with Gasteiger partial charge in [0.15, 0.2) is 0 Å². The zero-order valence-electron chi connectivity index (χ0n) is 12.2. The number of aryl methyl sites for hydroxylation is 1. The number of halogens is 1. The third-order valence-corrected chi connectivity index (χ3v) is 3.56. The molecule has 2 N–H and O–H groups in total. The molecule has 0 aliphatic carbocycles. The van der Waals surface area contributed by atoms with E-state index in [0.717, 1.165) is 11.3 Å². The van der Waals surface area contributed by atoms with Crippen LogP contribution in [-0.4, -0.2) is 12.5 Å². The highest BCUT2D eigenvalue weighted by molar-refractivity contribution is 6.31. The van der Waals surface area contributed by atoms with Crippen LogP contribution in [0.5, 0.6) is 0 Å². The summed E-state index contributed by atoms with van der Waals surface area (Å²) in [6.45, 7) is 2.46. The second kappa shape index (κ2) is 7.48. The molecule has 0 saturated heterocycles. The van der Waals surface area contributed by atoms with Gasteiger partial charge >= 0.3 is 0 Å². The van der Waals surface area contributed by atoms with Gasteiger partial charge in [0.1, 0.15) is 0 Å². The van der Waals surface area contributed by atoms with Crippen molar-refractivity contribution in [2.75, 3.05) is 17.2 Å². The maximum Gasteiger partial charge on any atom is 0.226 e. The van der Waals surface area contributed by atoms with E-state index in [-0.39, 0.29) is 5.91 Å². The Labute approximate surface area is 134 Å². The number of nitriles is 1. The molecule has 2 aromatic rings. The SMILES string of the molecule is Cc1ccc(NCCC(=O)Nc2ccc(C#N)cc2)cc1Cl. The lowest BCUT2D eigenvalue weighted by Gasteiger charge is -2.08. The van der Waals surface area contributed by atoms with E-state index in [1.165, 1.54) is 0 Å². The molecule has 22 heavy (non-hydrogen) atoms. The molecule has 0 aliphatic heterocycles. The van der Waals surface area contributed by atoms with Crippen LogP contribution in [0.3, 0.4) is 0 Å². The fourth-order valence-electron chi connectivity index (χ4n) is 1.87. The molecule has 112 valence electrons. The van der Waals surface area contributed by atoms with E-state index in [0.29, 0.717) is 29.2 Å². The molecule has 0 unspecified atom stereocenters. The summed E-state index contributed by atoms with van der Waals surface area (Å²) in [5.41, 5.74) is 3.16. The molecule has 1 amide bonds. The Balaban J connectivity index is 1.80. The van der Waals surface area contributed by atoms with Crippen LogP contribution < -0.4 is 10.6 Å². The van der Waals surface area contributed by atoms with E-state index in [2.05, 4.69) is 10.6 Å². The lowest BCUT2D eigenvalue weighted by molar-refractivity contribution is -0.115. The van der Waals surface area contributed by atoms with Gasteiger partial charge in [-0.3, -0.25) is 4.79 Å². The van der Waals surface area contributed by atoms with Crippen LogP contribution >= 0.6 is 11.6 Å². The largest absolute Gasteiger partial charge is 0.384 e. The minimum Gasteiger partial charge on any atom is -0.384 e. The van der Waals surface area contributed by atoms with E-state index < -0.39 is 0 Å². The fourth-order valence-corrected chi connectivity index (χ4v) is 2.06. The van der Waals surface area contributed by atoms with Gasteiger partial charge in [0.25, 0.3) is 0 Å². The van der Waals surface area contributed by atoms with Crippen LogP contribution in [0.25, 0.3) is 0 Å². The predicted octanol–water partition coefficient (Wildman–Crippen LogP) is 3.96. The van der Waals surface area contributed by atoms with Crippen molar-refractivity contribution in [2.45, 2.75) is 13.3 Å². The Hall–Kier alpha value is -2.51. The smallest absolute Gasteiger partial charge is 0.226 e. The van der Waals surface area contributed by atoms with E-state index >= 15 is 0 Å². The van der Waals surface area contributed by atoms with Crippen molar-refractivity contribution in [2.24, 2.45) is 0 Å². The number of anilines is 2. The molecular weight excluding hydrogens is 298 g/mol. The summed E-state index contributed by atoms with van der Waals surface area (Å²) in [5, 5.41) is 15.4. The lowest BCUT2D eigenvalue weighted by atomic mass is 10.2. The van der Waals surface area contributed by atoms with Gasteiger partial charge in [-0.15, -0.1) is 0 Å². The van der Waals surface area contributed by atoms with Crippen LogP contribution in [0.4, 0.5) is 11.4 Å². The van der Waals surface area contributed by atoms with Crippen molar-refractivity contribution < 1.29 is 4.79 Å². The van der Waals surface area contributed by atoms with E-state index in [4.69, 9.17) is 16.9 Å². The number of benzene rings is 2. The van der Waals surface area contributed by atoms with Crippen LogP contribution in [0.2, 0.25) is 5.02 Å². The summed E-state index contributed by atoms with van der Waals surface area (Å²) >= 11 is 6.05. The van der Waals surface area contributed by atoms with Gasteiger partial charge in [-0.1, -0.05) is 17.7 Å². The molecule has 0 bridgehead atoms. The zero-order valence-corrected chi connectivity index (χ0v) is 12.9. The summed E-state index contributed by atoms with van der Waals surface area (Å²) in [5.74, 6) is -0.0876. The zero-order chi connectivity index (χ0) is 15.9. The van der Waals surface area contributed by atoms with Gasteiger partial charge in [0, 0.05) is 29.4 Å². The van der Waals surface area contributed by atoms with Gasteiger partial charge in [-0.2, -0.15) is 5.26 Å². The van der Waals surface area contributed by atoms with Crippen molar-refractivity contribution in [1.82, 2.24) is 0 Å². The molecule has 0 saturated carbocycles. The summed E-state index contributed by atoms with van der Waals surface area (Å²) in [7, 11) is 0. The molecule has 0 spiro atoms. The van der Waals surface area contributed by atoms with Crippen LogP contribution in [-0.2, 0) is 4.79 Å². The molecule has 4 nitrogen and oxygen atoms in total. The van der Waals surface area contributed by atoms with E-state index in [1.54, 1.807) is 24.3 Å². The van der Waals surface area contributed by atoms with E-state index in [1.807, 2.05) is 31.2 Å². The van der Waals surface area contributed by atoms with Crippen LogP contribution in [0.1, 0.15) is 17.5 Å². The summed E-state index contributed by atoms with van der Waals surface area (Å²) in [6, 6.07) is 14.5. The highest BCUT2D eigenvalue weighted by Crippen LogP contribution is 2.19. The molecule has 0 aliphatic rings. The first-order valence-electron chi connectivity index (χ1n) is 6.88. The molecule has 0 heterocycles. The summed E-state index contributed by atoms with van der Waals surface area (Å²) in [6.07, 6.45) is 0.339. The van der Waals surface area contributed by atoms with Crippen molar-refractivity contribution in [3.63, 3.8) is 0 Å². The number of carbonyl (C=O) groups is 1. The van der Waals surface area contributed by atoms with Crippen molar-refractivity contribution in [3.8, 4) is 6.07 Å². The fraction of sp³-hybridized carbons (Fsp3) is 0.176. The Morgan fingerprint density at radius 3 is 2.50 bits per heavy atom. The molecule has 0 atom stereocenters. The normalized spacial score (nSPS) is 9.86. The second-order valence-electron chi connectivity index (χ2n) is 4.88. The average Bonchev–Trinajstić information content (AvgIpc) is 2.51. The molecule has 0 fully saturated rings. The highest BCUT2D eigenvalue weighted by Gasteiger charge is 2.03. The lowest BCUT2D eigenvalue weighted by Crippen LogP contribution is -2.16. The summed E-state index contributed by atoms with van der Waals surface area (Å²) in [4.78, 5) is 11.8. The second-order valence-corrected chi connectivity index (χ2v) is 5.29. The minimum absolute atomic E-state index is 0.0876. The van der Waals surface area contributed by atoms with Gasteiger partial charge in [0.05, 0.1) is 11.6 Å². The van der Waals surface area contributed by atoms with Crippen LogP contribution in [0, 0.1) is 18.3 Å². The first-order valence-corrected chi connectivity index (χ1v) is 7.26. The number of nitrogens with one attached hydrogen (secondary N) is 2.